The van der Waals surface area contributed by atoms with Crippen molar-refractivity contribution in [2.24, 2.45) is 5.92 Å². The van der Waals surface area contributed by atoms with Gasteiger partial charge >= 0.3 is 0 Å². The highest BCUT2D eigenvalue weighted by atomic mass is 32.2. The van der Waals surface area contributed by atoms with E-state index in [-0.39, 0.29) is 5.91 Å². The fourth-order valence-corrected chi connectivity index (χ4v) is 3.85. The van der Waals surface area contributed by atoms with Crippen LogP contribution >= 0.6 is 11.8 Å². The number of rotatable bonds is 5. The highest BCUT2D eigenvalue weighted by Gasteiger charge is 2.17. The van der Waals surface area contributed by atoms with Gasteiger partial charge in [-0.3, -0.25) is 4.79 Å². The summed E-state index contributed by atoms with van der Waals surface area (Å²) in [7, 11) is 0. The van der Waals surface area contributed by atoms with E-state index in [0.29, 0.717) is 12.5 Å². The molecular weight excluding hydrogens is 232 g/mol. The van der Waals surface area contributed by atoms with Crippen LogP contribution in [0.15, 0.2) is 0 Å². The van der Waals surface area contributed by atoms with Crippen LogP contribution in [0, 0.1) is 5.92 Å². The number of carbonyl (C=O) groups excluding carboxylic acids is 1. The van der Waals surface area contributed by atoms with Crippen molar-refractivity contribution < 1.29 is 4.79 Å². The van der Waals surface area contributed by atoms with Crippen molar-refractivity contribution >= 4 is 17.7 Å². The standard InChI is InChI=1S/C13H24N2OS/c16-13(15-9-11-6-8-17-10-11)5-4-12-3-1-2-7-14-12/h11-12,14H,1-10H2,(H,15,16). The number of thioether (sulfide) groups is 1. The summed E-state index contributed by atoms with van der Waals surface area (Å²) in [4.78, 5) is 11.7. The van der Waals surface area contributed by atoms with E-state index in [1.165, 1.54) is 37.2 Å². The SMILES string of the molecule is O=C(CCC1CCCCN1)NCC1CCSC1. The van der Waals surface area contributed by atoms with Crippen molar-refractivity contribution in [1.29, 1.82) is 0 Å². The Morgan fingerprint density at radius 1 is 1.35 bits per heavy atom. The zero-order valence-corrected chi connectivity index (χ0v) is 11.4. The number of hydrogen-bond donors (Lipinski definition) is 2. The molecule has 0 aromatic heterocycles. The van der Waals surface area contributed by atoms with E-state index in [0.717, 1.165) is 25.4 Å². The van der Waals surface area contributed by atoms with Gasteiger partial charge in [0.05, 0.1) is 0 Å². The first-order valence-electron chi connectivity index (χ1n) is 6.92. The van der Waals surface area contributed by atoms with Gasteiger partial charge in [-0.05, 0) is 49.7 Å². The third kappa shape index (κ3) is 4.88. The molecule has 2 saturated heterocycles. The van der Waals surface area contributed by atoms with Crippen LogP contribution in [0.3, 0.4) is 0 Å². The second-order valence-corrected chi connectivity index (χ2v) is 6.37. The molecule has 0 aromatic rings. The van der Waals surface area contributed by atoms with E-state index in [4.69, 9.17) is 0 Å². The van der Waals surface area contributed by atoms with E-state index in [1.54, 1.807) is 0 Å². The number of amides is 1. The first-order chi connectivity index (χ1) is 8.34. The Bertz CT molecular complexity index is 236. The van der Waals surface area contributed by atoms with Crippen LogP contribution in [0.2, 0.25) is 0 Å². The van der Waals surface area contributed by atoms with Gasteiger partial charge in [0.1, 0.15) is 0 Å². The number of carbonyl (C=O) groups is 1. The number of nitrogens with one attached hydrogen (secondary N) is 2. The number of piperidine rings is 1. The molecule has 2 unspecified atom stereocenters. The maximum Gasteiger partial charge on any atom is 0.220 e. The molecule has 2 aliphatic heterocycles. The topological polar surface area (TPSA) is 41.1 Å². The second-order valence-electron chi connectivity index (χ2n) is 5.22. The zero-order valence-electron chi connectivity index (χ0n) is 10.5. The minimum absolute atomic E-state index is 0.245. The van der Waals surface area contributed by atoms with Gasteiger partial charge in [0.15, 0.2) is 0 Å². The molecule has 4 heteroatoms. The Hall–Kier alpha value is -0.220. The maximum atomic E-state index is 11.7. The Morgan fingerprint density at radius 3 is 3.00 bits per heavy atom. The van der Waals surface area contributed by atoms with Crippen LogP contribution in [0.4, 0.5) is 0 Å². The fraction of sp³-hybridized carbons (Fsp3) is 0.923. The molecule has 0 bridgehead atoms. The highest BCUT2D eigenvalue weighted by molar-refractivity contribution is 7.99. The maximum absolute atomic E-state index is 11.7. The second kappa shape index (κ2) is 7.27. The van der Waals surface area contributed by atoms with Gasteiger partial charge in [0.2, 0.25) is 5.91 Å². The molecule has 3 nitrogen and oxygen atoms in total. The summed E-state index contributed by atoms with van der Waals surface area (Å²) < 4.78 is 0. The minimum Gasteiger partial charge on any atom is -0.356 e. The molecule has 0 radical (unpaired) electrons. The predicted molar refractivity (Wildman–Crippen MR) is 73.3 cm³/mol. The van der Waals surface area contributed by atoms with Gasteiger partial charge in [-0.15, -0.1) is 0 Å². The largest absolute Gasteiger partial charge is 0.356 e. The smallest absolute Gasteiger partial charge is 0.220 e. The van der Waals surface area contributed by atoms with Crippen LogP contribution < -0.4 is 10.6 Å². The Balaban J connectivity index is 1.53. The summed E-state index contributed by atoms with van der Waals surface area (Å²) in [5, 5.41) is 6.57. The average molecular weight is 256 g/mol. The summed E-state index contributed by atoms with van der Waals surface area (Å²) in [6, 6.07) is 0.580. The molecule has 17 heavy (non-hydrogen) atoms. The lowest BCUT2D eigenvalue weighted by atomic mass is 10.0. The minimum atomic E-state index is 0.245. The van der Waals surface area contributed by atoms with Crippen molar-refractivity contribution in [1.82, 2.24) is 10.6 Å². The van der Waals surface area contributed by atoms with Crippen molar-refractivity contribution in [3.05, 3.63) is 0 Å². The van der Waals surface area contributed by atoms with Gasteiger partial charge in [0, 0.05) is 19.0 Å². The molecule has 98 valence electrons. The molecule has 2 fully saturated rings. The normalized spacial score (nSPS) is 29.2. The summed E-state index contributed by atoms with van der Waals surface area (Å²) in [5.74, 6) is 3.46. The van der Waals surface area contributed by atoms with E-state index >= 15 is 0 Å². The third-order valence-electron chi connectivity index (χ3n) is 3.74. The third-order valence-corrected chi connectivity index (χ3v) is 4.98. The monoisotopic (exact) mass is 256 g/mol. The lowest BCUT2D eigenvalue weighted by Gasteiger charge is -2.23. The Kier molecular flexibility index (Phi) is 5.65. The zero-order chi connectivity index (χ0) is 11.9. The number of hydrogen-bond acceptors (Lipinski definition) is 3. The van der Waals surface area contributed by atoms with E-state index < -0.39 is 0 Å². The first kappa shape index (κ1) is 13.2. The fourth-order valence-electron chi connectivity index (χ4n) is 2.57. The predicted octanol–water partition coefficient (Wildman–Crippen LogP) is 1.78. The van der Waals surface area contributed by atoms with Gasteiger partial charge < -0.3 is 10.6 Å². The van der Waals surface area contributed by atoms with Crippen LogP contribution in [0.5, 0.6) is 0 Å². The quantitative estimate of drug-likeness (QED) is 0.788. The Labute approximate surface area is 108 Å². The molecule has 0 saturated carbocycles. The van der Waals surface area contributed by atoms with Gasteiger partial charge in [-0.1, -0.05) is 6.42 Å². The van der Waals surface area contributed by atoms with Crippen molar-refractivity contribution in [2.75, 3.05) is 24.6 Å². The van der Waals surface area contributed by atoms with Crippen LogP contribution in [0.1, 0.15) is 38.5 Å². The summed E-state index contributed by atoms with van der Waals surface area (Å²) in [6.45, 7) is 2.02. The molecule has 2 atom stereocenters. The van der Waals surface area contributed by atoms with Gasteiger partial charge in [0.25, 0.3) is 0 Å². The van der Waals surface area contributed by atoms with Crippen LogP contribution in [-0.4, -0.2) is 36.5 Å². The highest BCUT2D eigenvalue weighted by Crippen LogP contribution is 2.22. The van der Waals surface area contributed by atoms with Gasteiger partial charge in [-0.25, -0.2) is 0 Å². The first-order valence-corrected chi connectivity index (χ1v) is 8.08. The van der Waals surface area contributed by atoms with Crippen molar-refractivity contribution in [3.63, 3.8) is 0 Å². The van der Waals surface area contributed by atoms with Crippen LogP contribution in [0.25, 0.3) is 0 Å². The van der Waals surface area contributed by atoms with Crippen LogP contribution in [-0.2, 0) is 4.79 Å². The van der Waals surface area contributed by atoms with E-state index in [9.17, 15) is 4.79 Å². The average Bonchev–Trinajstić information content (AvgIpc) is 2.88. The lowest BCUT2D eigenvalue weighted by Crippen LogP contribution is -2.36. The van der Waals surface area contributed by atoms with E-state index in [2.05, 4.69) is 10.6 Å². The molecule has 2 rings (SSSR count). The van der Waals surface area contributed by atoms with Crippen molar-refractivity contribution in [2.45, 2.75) is 44.6 Å². The van der Waals surface area contributed by atoms with Gasteiger partial charge in [-0.2, -0.15) is 11.8 Å². The molecule has 1 amide bonds. The molecule has 2 N–H and O–H groups in total. The van der Waals surface area contributed by atoms with Crippen molar-refractivity contribution in [3.8, 4) is 0 Å². The molecule has 2 aliphatic rings. The van der Waals surface area contributed by atoms with E-state index in [1.807, 2.05) is 11.8 Å². The molecule has 2 heterocycles. The molecular formula is C13H24N2OS. The molecule has 0 aliphatic carbocycles. The molecule has 0 spiro atoms. The lowest BCUT2D eigenvalue weighted by molar-refractivity contribution is -0.121. The summed E-state index contributed by atoms with van der Waals surface area (Å²) in [5.41, 5.74) is 0. The summed E-state index contributed by atoms with van der Waals surface area (Å²) >= 11 is 2.01. The Morgan fingerprint density at radius 2 is 2.29 bits per heavy atom. The summed E-state index contributed by atoms with van der Waals surface area (Å²) in [6.07, 6.45) is 6.82. The molecule has 0 aromatic carbocycles.